The first-order valence-electron chi connectivity index (χ1n) is 8.21. The molecule has 0 unspecified atom stereocenters. The Bertz CT molecular complexity index is 738. The van der Waals surface area contributed by atoms with Gasteiger partial charge in [-0.05, 0) is 37.1 Å². The van der Waals surface area contributed by atoms with E-state index in [1.54, 1.807) is 12.3 Å². The molecule has 1 N–H and O–H groups in total. The number of aromatic hydroxyl groups is 1. The smallest absolute Gasteiger partial charge is 0.143 e. The number of halogens is 2. The fourth-order valence-electron chi connectivity index (χ4n) is 2.98. The lowest BCUT2D eigenvalue weighted by Crippen LogP contribution is -2.23. The molecule has 0 aromatic heterocycles. The van der Waals surface area contributed by atoms with E-state index < -0.39 is 0 Å². The standard InChI is InChI=1S/C19H20Cl2N2O/c20-15-11-14(19(24)16(21)12-15)13-22-17-7-3-4-8-18(17)23-9-5-1-2-6-10-23/h3-4,7-8,11-13,24H,1-2,5-6,9-10H2. The zero-order chi connectivity index (χ0) is 16.9. The van der Waals surface area contributed by atoms with Gasteiger partial charge < -0.3 is 10.0 Å². The molecule has 0 atom stereocenters. The van der Waals surface area contributed by atoms with Crippen LogP contribution in [0.2, 0.25) is 10.0 Å². The molecule has 0 spiro atoms. The summed E-state index contributed by atoms with van der Waals surface area (Å²) in [7, 11) is 0. The Balaban J connectivity index is 1.90. The van der Waals surface area contributed by atoms with Gasteiger partial charge in [0.15, 0.2) is 0 Å². The third kappa shape index (κ3) is 4.03. The number of hydrogen-bond donors (Lipinski definition) is 1. The molecule has 2 aromatic carbocycles. The monoisotopic (exact) mass is 362 g/mol. The van der Waals surface area contributed by atoms with Gasteiger partial charge in [-0.1, -0.05) is 48.2 Å². The highest BCUT2D eigenvalue weighted by Gasteiger charge is 2.13. The zero-order valence-electron chi connectivity index (χ0n) is 13.4. The van der Waals surface area contributed by atoms with Crippen LogP contribution in [0, 0.1) is 0 Å². The van der Waals surface area contributed by atoms with E-state index in [0.717, 1.165) is 24.5 Å². The largest absolute Gasteiger partial charge is 0.506 e. The van der Waals surface area contributed by atoms with Gasteiger partial charge in [0.2, 0.25) is 0 Å². The van der Waals surface area contributed by atoms with Crippen LogP contribution in [0.5, 0.6) is 5.75 Å². The number of benzene rings is 2. The van der Waals surface area contributed by atoms with E-state index in [-0.39, 0.29) is 10.8 Å². The summed E-state index contributed by atoms with van der Waals surface area (Å²) in [4.78, 5) is 6.97. The van der Waals surface area contributed by atoms with Crippen LogP contribution in [-0.2, 0) is 0 Å². The van der Waals surface area contributed by atoms with Crippen LogP contribution >= 0.6 is 23.2 Å². The van der Waals surface area contributed by atoms with Crippen LogP contribution in [0.1, 0.15) is 31.2 Å². The summed E-state index contributed by atoms with van der Waals surface area (Å²) in [5.74, 6) is -0.00271. The van der Waals surface area contributed by atoms with Crippen molar-refractivity contribution in [3.8, 4) is 5.75 Å². The maximum Gasteiger partial charge on any atom is 0.143 e. The third-order valence-corrected chi connectivity index (χ3v) is 4.74. The highest BCUT2D eigenvalue weighted by atomic mass is 35.5. The molecule has 1 aliphatic rings. The van der Waals surface area contributed by atoms with Gasteiger partial charge in [0, 0.05) is 29.9 Å². The minimum absolute atomic E-state index is 0.00271. The Labute approximate surface area is 152 Å². The maximum atomic E-state index is 10.1. The summed E-state index contributed by atoms with van der Waals surface area (Å²) >= 11 is 12.0. The van der Waals surface area contributed by atoms with E-state index in [4.69, 9.17) is 23.2 Å². The molecule has 0 radical (unpaired) electrons. The summed E-state index contributed by atoms with van der Waals surface area (Å²) in [6.45, 7) is 2.11. The zero-order valence-corrected chi connectivity index (χ0v) is 14.9. The summed E-state index contributed by atoms with van der Waals surface area (Å²) in [6, 6.07) is 11.3. The van der Waals surface area contributed by atoms with E-state index in [9.17, 15) is 5.11 Å². The molecule has 2 aromatic rings. The minimum atomic E-state index is -0.00271. The fraction of sp³-hybridized carbons (Fsp3) is 0.316. The van der Waals surface area contributed by atoms with Crippen LogP contribution < -0.4 is 4.90 Å². The normalized spacial score (nSPS) is 15.7. The van der Waals surface area contributed by atoms with Crippen molar-refractivity contribution in [2.75, 3.05) is 18.0 Å². The molecule has 1 fully saturated rings. The molecular formula is C19H20Cl2N2O. The Morgan fingerprint density at radius 3 is 2.46 bits per heavy atom. The van der Waals surface area contributed by atoms with Crippen molar-refractivity contribution < 1.29 is 5.11 Å². The maximum absolute atomic E-state index is 10.1. The van der Waals surface area contributed by atoms with Crippen molar-refractivity contribution in [2.45, 2.75) is 25.7 Å². The second-order valence-electron chi connectivity index (χ2n) is 5.97. The van der Waals surface area contributed by atoms with Crippen molar-refractivity contribution in [3.05, 3.63) is 52.0 Å². The number of anilines is 1. The van der Waals surface area contributed by atoms with Gasteiger partial charge in [-0.2, -0.15) is 0 Å². The molecule has 3 rings (SSSR count). The summed E-state index contributed by atoms with van der Waals surface area (Å²) < 4.78 is 0. The molecule has 24 heavy (non-hydrogen) atoms. The number of nitrogens with zero attached hydrogens (tertiary/aromatic N) is 2. The van der Waals surface area contributed by atoms with E-state index in [2.05, 4.69) is 16.0 Å². The van der Waals surface area contributed by atoms with Gasteiger partial charge in [0.05, 0.1) is 16.4 Å². The average molecular weight is 363 g/mol. The van der Waals surface area contributed by atoms with Gasteiger partial charge in [0.1, 0.15) is 5.75 Å². The predicted octanol–water partition coefficient (Wildman–Crippen LogP) is 5.83. The molecule has 3 nitrogen and oxygen atoms in total. The van der Waals surface area contributed by atoms with Crippen molar-refractivity contribution in [1.29, 1.82) is 0 Å². The van der Waals surface area contributed by atoms with Gasteiger partial charge in [-0.3, -0.25) is 4.99 Å². The van der Waals surface area contributed by atoms with Crippen molar-refractivity contribution in [3.63, 3.8) is 0 Å². The predicted molar refractivity (Wildman–Crippen MR) is 103 cm³/mol. The van der Waals surface area contributed by atoms with Crippen molar-refractivity contribution >= 4 is 40.8 Å². The summed E-state index contributed by atoms with van der Waals surface area (Å²) in [5.41, 5.74) is 2.52. The molecule has 0 amide bonds. The molecule has 0 aliphatic carbocycles. The van der Waals surface area contributed by atoms with Gasteiger partial charge in [-0.15, -0.1) is 0 Å². The Hall–Kier alpha value is -1.71. The van der Waals surface area contributed by atoms with Crippen LogP contribution in [0.3, 0.4) is 0 Å². The first-order valence-corrected chi connectivity index (χ1v) is 8.97. The molecule has 5 heteroatoms. The van der Waals surface area contributed by atoms with Crippen LogP contribution in [0.15, 0.2) is 41.4 Å². The minimum Gasteiger partial charge on any atom is -0.506 e. The Morgan fingerprint density at radius 1 is 1.00 bits per heavy atom. The molecule has 0 bridgehead atoms. The lowest BCUT2D eigenvalue weighted by molar-refractivity contribution is 0.475. The SMILES string of the molecule is Oc1c(Cl)cc(Cl)cc1C=Nc1ccccc1N1CCCCCC1. The highest BCUT2D eigenvalue weighted by molar-refractivity contribution is 6.36. The Morgan fingerprint density at radius 2 is 1.71 bits per heavy atom. The number of aliphatic imine (C=N–C) groups is 1. The quantitative estimate of drug-likeness (QED) is 0.697. The van der Waals surface area contributed by atoms with Gasteiger partial charge in [0.25, 0.3) is 0 Å². The van der Waals surface area contributed by atoms with E-state index in [0.29, 0.717) is 10.6 Å². The lowest BCUT2D eigenvalue weighted by Gasteiger charge is -2.24. The molecular weight excluding hydrogens is 343 g/mol. The van der Waals surface area contributed by atoms with E-state index >= 15 is 0 Å². The number of phenols is 1. The van der Waals surface area contributed by atoms with E-state index in [1.807, 2.05) is 18.2 Å². The number of rotatable bonds is 3. The van der Waals surface area contributed by atoms with Crippen LogP contribution in [0.25, 0.3) is 0 Å². The molecule has 0 saturated carbocycles. The average Bonchev–Trinajstić information content (AvgIpc) is 2.86. The Kier molecular flexibility index (Phi) is 5.64. The van der Waals surface area contributed by atoms with Crippen LogP contribution in [0.4, 0.5) is 11.4 Å². The van der Waals surface area contributed by atoms with Gasteiger partial charge in [-0.25, -0.2) is 0 Å². The third-order valence-electron chi connectivity index (χ3n) is 4.23. The number of hydrogen-bond acceptors (Lipinski definition) is 3. The lowest BCUT2D eigenvalue weighted by atomic mass is 10.2. The molecule has 1 aliphatic heterocycles. The fourth-order valence-corrected chi connectivity index (χ4v) is 3.48. The molecule has 126 valence electrons. The van der Waals surface area contributed by atoms with Crippen LogP contribution in [-0.4, -0.2) is 24.4 Å². The van der Waals surface area contributed by atoms with Crippen molar-refractivity contribution in [1.82, 2.24) is 0 Å². The van der Waals surface area contributed by atoms with E-state index in [1.165, 1.54) is 31.7 Å². The highest BCUT2D eigenvalue weighted by Crippen LogP contribution is 2.33. The first kappa shape index (κ1) is 17.1. The number of para-hydroxylation sites is 2. The number of phenolic OH excluding ortho intramolecular Hbond substituents is 1. The second kappa shape index (κ2) is 7.91. The second-order valence-corrected chi connectivity index (χ2v) is 6.82. The molecule has 1 heterocycles. The topological polar surface area (TPSA) is 35.8 Å². The summed E-state index contributed by atoms with van der Waals surface area (Å²) in [6.07, 6.45) is 6.61. The van der Waals surface area contributed by atoms with Crippen molar-refractivity contribution in [2.24, 2.45) is 4.99 Å². The summed E-state index contributed by atoms with van der Waals surface area (Å²) in [5, 5.41) is 10.8. The van der Waals surface area contributed by atoms with Gasteiger partial charge >= 0.3 is 0 Å². The first-order chi connectivity index (χ1) is 11.6. The molecule has 1 saturated heterocycles.